The first-order valence-corrected chi connectivity index (χ1v) is 7.21. The van der Waals surface area contributed by atoms with E-state index in [2.05, 4.69) is 52.8 Å². The Labute approximate surface area is 120 Å². The third kappa shape index (κ3) is 2.85. The average molecular weight is 270 g/mol. The van der Waals surface area contributed by atoms with Crippen LogP contribution in [0.1, 0.15) is 23.5 Å². The molecule has 0 saturated heterocycles. The van der Waals surface area contributed by atoms with Crippen molar-refractivity contribution in [2.24, 2.45) is 7.05 Å². The summed E-state index contributed by atoms with van der Waals surface area (Å²) >= 11 is 0. The molecular formula is C16H22N4. The van der Waals surface area contributed by atoms with E-state index in [1.807, 2.05) is 17.9 Å². The average Bonchev–Trinajstić information content (AvgIpc) is 3.03. The number of nitrogens with zero attached hydrogens (tertiary/aromatic N) is 3. The molecule has 106 valence electrons. The lowest BCUT2D eigenvalue weighted by molar-refractivity contribution is 0.313. The highest BCUT2D eigenvalue weighted by molar-refractivity contribution is 5.57. The second kappa shape index (κ2) is 5.67. The normalized spacial score (nSPS) is 17.2. The van der Waals surface area contributed by atoms with Gasteiger partial charge in [-0.05, 0) is 31.6 Å². The van der Waals surface area contributed by atoms with Crippen LogP contribution in [0.5, 0.6) is 0 Å². The number of anilines is 1. The highest BCUT2D eigenvalue weighted by Gasteiger charge is 2.21. The Kier molecular flexibility index (Phi) is 3.74. The Hall–Kier alpha value is -1.81. The molecule has 4 nitrogen and oxygen atoms in total. The van der Waals surface area contributed by atoms with E-state index in [0.717, 1.165) is 19.6 Å². The van der Waals surface area contributed by atoms with Gasteiger partial charge in [-0.3, -0.25) is 4.68 Å². The van der Waals surface area contributed by atoms with Gasteiger partial charge in [0.25, 0.3) is 0 Å². The number of nitrogens with one attached hydrogen (secondary N) is 1. The summed E-state index contributed by atoms with van der Waals surface area (Å²) in [5.41, 5.74) is 4.06. The molecule has 0 saturated carbocycles. The molecular weight excluding hydrogens is 248 g/mol. The molecule has 1 unspecified atom stereocenters. The van der Waals surface area contributed by atoms with Crippen molar-refractivity contribution in [1.29, 1.82) is 0 Å². The van der Waals surface area contributed by atoms with E-state index in [0.29, 0.717) is 5.92 Å². The number of fused-ring (bicyclic) bond motifs is 1. The molecule has 0 spiro atoms. The summed E-state index contributed by atoms with van der Waals surface area (Å²) in [5.74, 6) is 0.641. The molecule has 3 rings (SSSR count). The first-order valence-electron chi connectivity index (χ1n) is 7.21. The van der Waals surface area contributed by atoms with Gasteiger partial charge in [0.2, 0.25) is 0 Å². The third-order valence-corrected chi connectivity index (χ3v) is 4.01. The molecule has 4 heteroatoms. The molecule has 1 N–H and O–H groups in total. The van der Waals surface area contributed by atoms with E-state index < -0.39 is 0 Å². The summed E-state index contributed by atoms with van der Waals surface area (Å²) < 4.78 is 1.86. The fourth-order valence-electron chi connectivity index (χ4n) is 2.94. The third-order valence-electron chi connectivity index (χ3n) is 4.01. The molecule has 1 aromatic carbocycles. The lowest BCUT2D eigenvalue weighted by Crippen LogP contribution is -2.21. The van der Waals surface area contributed by atoms with Gasteiger partial charge in [0, 0.05) is 43.5 Å². The SMILES string of the molecule is CN(CCC1CNc2ccccc21)Cc1cnn(C)c1. The predicted octanol–water partition coefficient (Wildman–Crippen LogP) is 2.45. The summed E-state index contributed by atoms with van der Waals surface area (Å²) in [4.78, 5) is 2.37. The molecule has 1 atom stereocenters. The van der Waals surface area contributed by atoms with E-state index in [1.54, 1.807) is 0 Å². The molecule has 0 amide bonds. The van der Waals surface area contributed by atoms with Gasteiger partial charge in [0.05, 0.1) is 6.20 Å². The zero-order valence-electron chi connectivity index (χ0n) is 12.2. The van der Waals surface area contributed by atoms with Gasteiger partial charge in [0.15, 0.2) is 0 Å². The molecule has 1 aliphatic rings. The van der Waals surface area contributed by atoms with E-state index in [1.165, 1.54) is 23.2 Å². The summed E-state index contributed by atoms with van der Waals surface area (Å²) in [6, 6.07) is 8.66. The zero-order valence-corrected chi connectivity index (χ0v) is 12.2. The first kappa shape index (κ1) is 13.2. The van der Waals surface area contributed by atoms with Crippen LogP contribution in [0.15, 0.2) is 36.7 Å². The summed E-state index contributed by atoms with van der Waals surface area (Å²) in [5, 5.41) is 7.71. The number of hydrogen-bond donors (Lipinski definition) is 1. The maximum Gasteiger partial charge on any atom is 0.0534 e. The molecule has 0 fully saturated rings. The molecule has 0 radical (unpaired) electrons. The number of para-hydroxylation sites is 1. The van der Waals surface area contributed by atoms with Crippen LogP contribution in [0.3, 0.4) is 0 Å². The fraction of sp³-hybridized carbons (Fsp3) is 0.438. The number of rotatable bonds is 5. The van der Waals surface area contributed by atoms with E-state index in [-0.39, 0.29) is 0 Å². The van der Waals surface area contributed by atoms with Crippen molar-refractivity contribution in [2.45, 2.75) is 18.9 Å². The van der Waals surface area contributed by atoms with Crippen LogP contribution in [-0.4, -0.2) is 34.8 Å². The van der Waals surface area contributed by atoms with Crippen molar-refractivity contribution in [1.82, 2.24) is 14.7 Å². The standard InChI is InChI=1S/C16H22N4/c1-19(11-13-9-18-20(2)12-13)8-7-14-10-17-16-6-4-3-5-15(14)16/h3-6,9,12,14,17H,7-8,10-11H2,1-2H3. The quantitative estimate of drug-likeness (QED) is 0.906. The maximum atomic E-state index is 4.22. The van der Waals surface area contributed by atoms with Crippen LogP contribution in [-0.2, 0) is 13.6 Å². The molecule has 1 aromatic heterocycles. The molecule has 20 heavy (non-hydrogen) atoms. The zero-order chi connectivity index (χ0) is 13.9. The molecule has 2 heterocycles. The number of hydrogen-bond acceptors (Lipinski definition) is 3. The van der Waals surface area contributed by atoms with Crippen LogP contribution in [0.4, 0.5) is 5.69 Å². The molecule has 2 aromatic rings. The summed E-state index contributed by atoms with van der Waals surface area (Å²) in [7, 11) is 4.14. The molecule has 0 bridgehead atoms. The second-order valence-electron chi connectivity index (χ2n) is 5.71. The number of aromatic nitrogens is 2. The van der Waals surface area contributed by atoms with Gasteiger partial charge in [-0.1, -0.05) is 18.2 Å². The molecule has 0 aliphatic carbocycles. The van der Waals surface area contributed by atoms with Crippen molar-refractivity contribution < 1.29 is 0 Å². The van der Waals surface area contributed by atoms with Crippen LogP contribution < -0.4 is 5.32 Å². The van der Waals surface area contributed by atoms with Gasteiger partial charge in [-0.2, -0.15) is 5.10 Å². The largest absolute Gasteiger partial charge is 0.384 e. The van der Waals surface area contributed by atoms with Crippen molar-refractivity contribution in [3.63, 3.8) is 0 Å². The highest BCUT2D eigenvalue weighted by atomic mass is 15.2. The van der Waals surface area contributed by atoms with Gasteiger partial charge < -0.3 is 10.2 Å². The van der Waals surface area contributed by atoms with Crippen LogP contribution in [0, 0.1) is 0 Å². The summed E-state index contributed by atoms with van der Waals surface area (Å²) in [6.45, 7) is 3.14. The van der Waals surface area contributed by atoms with Crippen LogP contribution >= 0.6 is 0 Å². The minimum Gasteiger partial charge on any atom is -0.384 e. The van der Waals surface area contributed by atoms with Crippen LogP contribution in [0.2, 0.25) is 0 Å². The van der Waals surface area contributed by atoms with Gasteiger partial charge in [-0.15, -0.1) is 0 Å². The Morgan fingerprint density at radius 3 is 3.05 bits per heavy atom. The Balaban J connectivity index is 1.53. The van der Waals surface area contributed by atoms with E-state index in [4.69, 9.17) is 0 Å². The Morgan fingerprint density at radius 2 is 2.25 bits per heavy atom. The van der Waals surface area contributed by atoms with E-state index >= 15 is 0 Å². The lowest BCUT2D eigenvalue weighted by Gasteiger charge is -2.18. The van der Waals surface area contributed by atoms with Crippen molar-refractivity contribution in [2.75, 3.05) is 25.5 Å². The number of benzene rings is 1. The Morgan fingerprint density at radius 1 is 1.40 bits per heavy atom. The smallest absolute Gasteiger partial charge is 0.0534 e. The number of aryl methyl sites for hydroxylation is 1. The topological polar surface area (TPSA) is 33.1 Å². The highest BCUT2D eigenvalue weighted by Crippen LogP contribution is 2.33. The monoisotopic (exact) mass is 270 g/mol. The van der Waals surface area contributed by atoms with Crippen molar-refractivity contribution in [3.8, 4) is 0 Å². The first-order chi connectivity index (χ1) is 9.72. The summed E-state index contributed by atoms with van der Waals surface area (Å²) in [6.07, 6.45) is 5.23. The minimum absolute atomic E-state index is 0.641. The van der Waals surface area contributed by atoms with Gasteiger partial charge in [0.1, 0.15) is 0 Å². The fourth-order valence-corrected chi connectivity index (χ4v) is 2.94. The second-order valence-corrected chi connectivity index (χ2v) is 5.71. The predicted molar refractivity (Wildman–Crippen MR) is 81.8 cm³/mol. The maximum absolute atomic E-state index is 4.22. The van der Waals surface area contributed by atoms with E-state index in [9.17, 15) is 0 Å². The lowest BCUT2D eigenvalue weighted by atomic mass is 9.98. The van der Waals surface area contributed by atoms with Crippen molar-refractivity contribution >= 4 is 5.69 Å². The van der Waals surface area contributed by atoms with Crippen LogP contribution in [0.25, 0.3) is 0 Å². The molecule has 1 aliphatic heterocycles. The minimum atomic E-state index is 0.641. The van der Waals surface area contributed by atoms with Crippen molar-refractivity contribution in [3.05, 3.63) is 47.8 Å². The van der Waals surface area contributed by atoms with Gasteiger partial charge in [-0.25, -0.2) is 0 Å². The Bertz CT molecular complexity index is 575. The van der Waals surface area contributed by atoms with Gasteiger partial charge >= 0.3 is 0 Å².